The summed E-state index contributed by atoms with van der Waals surface area (Å²) in [6, 6.07) is 0. The van der Waals surface area contributed by atoms with Gasteiger partial charge in [0.05, 0.1) is 11.9 Å². The fourth-order valence-electron chi connectivity index (χ4n) is 2.32. The summed E-state index contributed by atoms with van der Waals surface area (Å²) in [5, 5.41) is -0.0475. The summed E-state index contributed by atoms with van der Waals surface area (Å²) in [7, 11) is 0. The normalized spacial score (nSPS) is 13.7. The van der Waals surface area contributed by atoms with Crippen molar-refractivity contribution in [1.82, 2.24) is 0 Å². The van der Waals surface area contributed by atoms with Gasteiger partial charge in [0.25, 0.3) is 0 Å². The van der Waals surface area contributed by atoms with Gasteiger partial charge in [0.2, 0.25) is 0 Å². The second-order valence-corrected chi connectivity index (χ2v) is 7.92. The first-order valence-corrected chi connectivity index (χ1v) is 11.8. The molecule has 0 spiro atoms. The third-order valence-corrected chi connectivity index (χ3v) is 5.13. The topological polar surface area (TPSA) is 26.3 Å². The maximum absolute atomic E-state index is 11.5. The summed E-state index contributed by atoms with van der Waals surface area (Å²) in [5.74, 6) is 0.926. The number of carbonyl (C=O) groups is 1. The number of unbranched alkanes of at least 4 members (excludes halogenated alkanes) is 2. The van der Waals surface area contributed by atoms with Crippen LogP contribution in [-0.2, 0) is 9.53 Å². The maximum Gasteiger partial charge on any atom is 0.318 e. The van der Waals surface area contributed by atoms with Gasteiger partial charge in [0, 0.05) is 0 Å². The maximum atomic E-state index is 11.5. The predicted octanol–water partition coefficient (Wildman–Crippen LogP) is 7.59. The third kappa shape index (κ3) is 19.3. The first kappa shape index (κ1) is 26.5. The number of hydrogen-bond acceptors (Lipinski definition) is 3. The van der Waals surface area contributed by atoms with Crippen molar-refractivity contribution >= 4 is 17.7 Å². The van der Waals surface area contributed by atoms with Crippen molar-refractivity contribution in [3.8, 4) is 0 Å². The lowest BCUT2D eigenvalue weighted by Gasteiger charge is -2.09. The van der Waals surface area contributed by atoms with Crippen molar-refractivity contribution in [3.63, 3.8) is 0 Å². The average Bonchev–Trinajstić information content (AvgIpc) is 2.69. The third-order valence-electron chi connectivity index (χ3n) is 3.91. The standard InChI is InChI=1S/C25H40O2S/c1-4-6-7-8-9-10-11-12-13-14-15-16-17-18-19-20-21-22-23-28-24(3)25(26)27-5-2/h6-7,9-10,12-13,15-16,18-19,24H,4-5,8,11,14,17,20-23H2,1-3H3/b7-6-,10-9-,13-12+,16-15-,19-18-. The predicted molar refractivity (Wildman–Crippen MR) is 127 cm³/mol. The fourth-order valence-corrected chi connectivity index (χ4v) is 3.25. The van der Waals surface area contributed by atoms with Gasteiger partial charge < -0.3 is 4.74 Å². The second-order valence-electron chi connectivity index (χ2n) is 6.47. The summed E-state index contributed by atoms with van der Waals surface area (Å²) >= 11 is 1.69. The minimum absolute atomic E-state index is 0.0475. The van der Waals surface area contributed by atoms with Gasteiger partial charge in [-0.2, -0.15) is 0 Å². The van der Waals surface area contributed by atoms with E-state index >= 15 is 0 Å². The van der Waals surface area contributed by atoms with E-state index in [2.05, 4.69) is 67.7 Å². The van der Waals surface area contributed by atoms with Gasteiger partial charge in [-0.3, -0.25) is 4.79 Å². The first-order chi connectivity index (χ1) is 13.7. The van der Waals surface area contributed by atoms with Crippen molar-refractivity contribution in [3.05, 3.63) is 60.8 Å². The molecule has 0 aromatic heterocycles. The van der Waals surface area contributed by atoms with Crippen LogP contribution in [0.4, 0.5) is 0 Å². The van der Waals surface area contributed by atoms with Gasteiger partial charge in [-0.15, -0.1) is 11.8 Å². The van der Waals surface area contributed by atoms with Crippen molar-refractivity contribution in [2.45, 2.75) is 77.4 Å². The van der Waals surface area contributed by atoms with Gasteiger partial charge in [-0.1, -0.05) is 67.7 Å². The molecule has 1 atom stereocenters. The molecule has 0 saturated heterocycles. The highest BCUT2D eigenvalue weighted by atomic mass is 32.2. The number of esters is 1. The Morgan fingerprint density at radius 3 is 1.79 bits per heavy atom. The van der Waals surface area contributed by atoms with Crippen LogP contribution in [0.25, 0.3) is 0 Å². The number of rotatable bonds is 17. The fraction of sp³-hybridized carbons (Fsp3) is 0.560. The molecule has 28 heavy (non-hydrogen) atoms. The number of carbonyl (C=O) groups excluding carboxylic acids is 1. The van der Waals surface area contributed by atoms with Gasteiger partial charge in [0.15, 0.2) is 0 Å². The van der Waals surface area contributed by atoms with Gasteiger partial charge in [-0.25, -0.2) is 0 Å². The van der Waals surface area contributed by atoms with Gasteiger partial charge >= 0.3 is 5.97 Å². The van der Waals surface area contributed by atoms with Crippen LogP contribution in [0.1, 0.15) is 72.1 Å². The Labute approximate surface area is 177 Å². The number of ether oxygens (including phenoxy) is 1. The summed E-state index contributed by atoms with van der Waals surface area (Å²) in [4.78, 5) is 11.5. The lowest BCUT2D eigenvalue weighted by molar-refractivity contribution is -0.142. The summed E-state index contributed by atoms with van der Waals surface area (Å²) in [6.45, 7) is 6.39. The van der Waals surface area contributed by atoms with Crippen LogP contribution in [0, 0.1) is 0 Å². The molecule has 1 unspecified atom stereocenters. The molecule has 0 bridgehead atoms. The first-order valence-electron chi connectivity index (χ1n) is 10.8. The van der Waals surface area contributed by atoms with E-state index in [1.807, 2.05) is 13.8 Å². The minimum Gasteiger partial charge on any atom is -0.465 e. The van der Waals surface area contributed by atoms with Crippen molar-refractivity contribution < 1.29 is 9.53 Å². The number of hydrogen-bond donors (Lipinski definition) is 0. The molecule has 0 rings (SSSR count). The molecule has 0 amide bonds. The van der Waals surface area contributed by atoms with Gasteiger partial charge in [-0.05, 0) is 71.0 Å². The van der Waals surface area contributed by atoms with Crippen LogP contribution in [0.2, 0.25) is 0 Å². The van der Waals surface area contributed by atoms with Crippen LogP contribution in [0.15, 0.2) is 60.8 Å². The minimum atomic E-state index is -0.0923. The molecule has 0 N–H and O–H groups in total. The molecular formula is C25H40O2S. The van der Waals surface area contributed by atoms with Crippen LogP contribution >= 0.6 is 11.8 Å². The summed E-state index contributed by atoms with van der Waals surface area (Å²) in [5.41, 5.74) is 0. The second kappa shape index (κ2) is 21.8. The van der Waals surface area contributed by atoms with E-state index in [9.17, 15) is 4.79 Å². The molecule has 0 aromatic carbocycles. The zero-order valence-electron chi connectivity index (χ0n) is 18.1. The van der Waals surface area contributed by atoms with Crippen LogP contribution in [0.3, 0.4) is 0 Å². The molecule has 0 saturated carbocycles. The Bertz CT molecular complexity index is 501. The number of thioether (sulfide) groups is 1. The van der Waals surface area contributed by atoms with E-state index in [1.54, 1.807) is 11.8 Å². The highest BCUT2D eigenvalue weighted by Gasteiger charge is 2.13. The van der Waals surface area contributed by atoms with E-state index in [4.69, 9.17) is 4.74 Å². The summed E-state index contributed by atoms with van der Waals surface area (Å²) < 4.78 is 5.01. The molecule has 0 radical (unpaired) electrons. The lowest BCUT2D eigenvalue weighted by Crippen LogP contribution is -2.17. The molecule has 0 aliphatic heterocycles. The monoisotopic (exact) mass is 404 g/mol. The van der Waals surface area contributed by atoms with Crippen LogP contribution in [-0.4, -0.2) is 23.6 Å². The van der Waals surface area contributed by atoms with Crippen molar-refractivity contribution in [2.24, 2.45) is 0 Å². The Hall–Kier alpha value is -1.48. The molecule has 0 aliphatic rings. The molecule has 2 nitrogen and oxygen atoms in total. The molecule has 0 fully saturated rings. The molecule has 0 aliphatic carbocycles. The summed E-state index contributed by atoms with van der Waals surface area (Å²) in [6.07, 6.45) is 30.9. The number of allylic oxidation sites excluding steroid dienone is 10. The molecule has 0 aromatic rings. The highest BCUT2D eigenvalue weighted by molar-refractivity contribution is 8.00. The molecular weight excluding hydrogens is 364 g/mol. The van der Waals surface area contributed by atoms with Crippen LogP contribution < -0.4 is 0 Å². The van der Waals surface area contributed by atoms with E-state index in [0.29, 0.717) is 6.61 Å². The van der Waals surface area contributed by atoms with Crippen molar-refractivity contribution in [2.75, 3.05) is 12.4 Å². The molecule has 0 heterocycles. The van der Waals surface area contributed by atoms with E-state index < -0.39 is 0 Å². The molecule has 158 valence electrons. The Morgan fingerprint density at radius 2 is 1.29 bits per heavy atom. The largest absolute Gasteiger partial charge is 0.465 e. The highest BCUT2D eigenvalue weighted by Crippen LogP contribution is 2.15. The van der Waals surface area contributed by atoms with Crippen molar-refractivity contribution in [1.29, 1.82) is 0 Å². The molecule has 3 heteroatoms. The zero-order chi connectivity index (χ0) is 20.7. The van der Waals surface area contributed by atoms with E-state index in [0.717, 1.165) is 50.7 Å². The van der Waals surface area contributed by atoms with E-state index in [1.165, 1.54) is 6.42 Å². The quantitative estimate of drug-likeness (QED) is 0.142. The van der Waals surface area contributed by atoms with Gasteiger partial charge in [0.1, 0.15) is 0 Å². The van der Waals surface area contributed by atoms with Crippen LogP contribution in [0.5, 0.6) is 0 Å². The zero-order valence-corrected chi connectivity index (χ0v) is 19.0. The Morgan fingerprint density at radius 1 is 0.786 bits per heavy atom. The Balaban J connectivity index is 3.50. The SMILES string of the molecule is CC/C=C\C/C=C\C/C=C/C/C=C\C/C=C\CCCCSC(C)C(=O)OCC. The van der Waals surface area contributed by atoms with E-state index in [-0.39, 0.29) is 11.2 Å². The lowest BCUT2D eigenvalue weighted by atomic mass is 10.2. The Kier molecular flexibility index (Phi) is 20.7. The smallest absolute Gasteiger partial charge is 0.318 e. The average molecular weight is 405 g/mol.